The molecule has 0 amide bonds. The standard InChI is InChI=1S/C13H18N6O/c1-8(11-16-15-10-4-2-3-7-19(10)11)14-13-18-17-12(20-13)9-5-6-9/h8-9H,2-7H2,1H3,(H,14,18). The molecule has 0 bridgehead atoms. The van der Waals surface area contributed by atoms with Gasteiger partial charge in [0, 0.05) is 18.9 Å². The van der Waals surface area contributed by atoms with Gasteiger partial charge in [-0.05, 0) is 32.6 Å². The van der Waals surface area contributed by atoms with Crippen LogP contribution in [-0.4, -0.2) is 25.0 Å². The highest BCUT2D eigenvalue weighted by atomic mass is 16.4. The maximum atomic E-state index is 5.63. The van der Waals surface area contributed by atoms with Gasteiger partial charge in [0.2, 0.25) is 5.89 Å². The van der Waals surface area contributed by atoms with Gasteiger partial charge in [0.15, 0.2) is 5.82 Å². The number of aryl methyl sites for hydroxylation is 1. The number of hydrogen-bond acceptors (Lipinski definition) is 6. The van der Waals surface area contributed by atoms with Gasteiger partial charge in [-0.15, -0.1) is 15.3 Å². The monoisotopic (exact) mass is 274 g/mol. The Kier molecular flexibility index (Phi) is 2.71. The number of hydrogen-bond donors (Lipinski definition) is 1. The zero-order chi connectivity index (χ0) is 13.5. The Hall–Kier alpha value is -1.92. The molecule has 1 fully saturated rings. The third-order valence-corrected chi connectivity index (χ3v) is 3.98. The maximum absolute atomic E-state index is 5.63. The third kappa shape index (κ3) is 2.07. The van der Waals surface area contributed by atoms with Crippen molar-refractivity contribution in [1.82, 2.24) is 25.0 Å². The van der Waals surface area contributed by atoms with E-state index in [-0.39, 0.29) is 6.04 Å². The lowest BCUT2D eigenvalue weighted by atomic mass is 10.1. The number of anilines is 1. The summed E-state index contributed by atoms with van der Waals surface area (Å²) in [4.78, 5) is 0. The predicted molar refractivity (Wildman–Crippen MR) is 71.3 cm³/mol. The Morgan fingerprint density at radius 1 is 1.20 bits per heavy atom. The number of aromatic nitrogens is 5. The zero-order valence-corrected chi connectivity index (χ0v) is 11.5. The van der Waals surface area contributed by atoms with Crippen LogP contribution in [0, 0.1) is 0 Å². The van der Waals surface area contributed by atoms with Crippen molar-refractivity contribution in [3.63, 3.8) is 0 Å². The van der Waals surface area contributed by atoms with Gasteiger partial charge in [-0.1, -0.05) is 5.10 Å². The topological polar surface area (TPSA) is 81.7 Å². The fourth-order valence-electron chi connectivity index (χ4n) is 2.69. The molecule has 106 valence electrons. The highest BCUT2D eigenvalue weighted by Crippen LogP contribution is 2.39. The van der Waals surface area contributed by atoms with E-state index in [1.54, 1.807) is 0 Å². The van der Waals surface area contributed by atoms with Gasteiger partial charge in [-0.2, -0.15) is 0 Å². The lowest BCUT2D eigenvalue weighted by Crippen LogP contribution is -2.18. The van der Waals surface area contributed by atoms with Crippen molar-refractivity contribution in [2.45, 2.75) is 57.5 Å². The van der Waals surface area contributed by atoms with Crippen LogP contribution in [-0.2, 0) is 13.0 Å². The SMILES string of the molecule is CC(Nc1nnc(C2CC2)o1)c1nnc2n1CCCC2. The molecule has 1 aliphatic carbocycles. The average molecular weight is 274 g/mol. The summed E-state index contributed by atoms with van der Waals surface area (Å²) in [5.74, 6) is 3.27. The molecule has 0 saturated heterocycles. The van der Waals surface area contributed by atoms with E-state index in [1.165, 1.54) is 12.8 Å². The Balaban J connectivity index is 1.51. The molecule has 0 spiro atoms. The summed E-state index contributed by atoms with van der Waals surface area (Å²) in [5.41, 5.74) is 0. The molecular formula is C13H18N6O. The Bertz CT molecular complexity index is 614. The van der Waals surface area contributed by atoms with Crippen molar-refractivity contribution >= 4 is 6.01 Å². The Morgan fingerprint density at radius 3 is 2.95 bits per heavy atom. The molecule has 7 nitrogen and oxygen atoms in total. The van der Waals surface area contributed by atoms with Gasteiger partial charge in [0.05, 0.1) is 6.04 Å². The lowest BCUT2D eigenvalue weighted by Gasteiger charge is -2.17. The average Bonchev–Trinajstić information content (AvgIpc) is 3.06. The third-order valence-electron chi connectivity index (χ3n) is 3.98. The minimum Gasteiger partial charge on any atom is -0.408 e. The van der Waals surface area contributed by atoms with Crippen molar-refractivity contribution in [1.29, 1.82) is 0 Å². The molecule has 7 heteroatoms. The second kappa shape index (κ2) is 4.57. The van der Waals surface area contributed by atoms with Crippen LogP contribution in [0.25, 0.3) is 0 Å². The minimum atomic E-state index is 0.0156. The summed E-state index contributed by atoms with van der Waals surface area (Å²) in [6, 6.07) is 0.495. The first kappa shape index (κ1) is 11.9. The molecule has 4 rings (SSSR count). The van der Waals surface area contributed by atoms with Gasteiger partial charge in [0.25, 0.3) is 0 Å². The van der Waals surface area contributed by atoms with Gasteiger partial charge >= 0.3 is 6.01 Å². The fourth-order valence-corrected chi connectivity index (χ4v) is 2.69. The van der Waals surface area contributed by atoms with E-state index in [0.29, 0.717) is 11.9 Å². The van der Waals surface area contributed by atoms with E-state index in [9.17, 15) is 0 Å². The van der Waals surface area contributed by atoms with Crippen molar-refractivity contribution in [2.24, 2.45) is 0 Å². The quantitative estimate of drug-likeness (QED) is 0.918. The van der Waals surface area contributed by atoms with E-state index < -0.39 is 0 Å². The highest BCUT2D eigenvalue weighted by Gasteiger charge is 2.30. The summed E-state index contributed by atoms with van der Waals surface area (Å²) < 4.78 is 7.84. The molecule has 2 aromatic rings. The van der Waals surface area contributed by atoms with Crippen LogP contribution in [0.3, 0.4) is 0 Å². The highest BCUT2D eigenvalue weighted by molar-refractivity contribution is 5.23. The summed E-state index contributed by atoms with van der Waals surface area (Å²) in [6.45, 7) is 3.05. The van der Waals surface area contributed by atoms with Crippen molar-refractivity contribution in [3.8, 4) is 0 Å². The van der Waals surface area contributed by atoms with Crippen molar-refractivity contribution in [2.75, 3.05) is 5.32 Å². The molecule has 3 heterocycles. The first-order chi connectivity index (χ1) is 9.81. The summed E-state index contributed by atoms with van der Waals surface area (Å²) in [7, 11) is 0. The second-order valence-corrected chi connectivity index (χ2v) is 5.67. The first-order valence-corrected chi connectivity index (χ1v) is 7.33. The predicted octanol–water partition coefficient (Wildman–Crippen LogP) is 2.05. The second-order valence-electron chi connectivity index (χ2n) is 5.67. The normalized spacial score (nSPS) is 19.6. The summed E-state index contributed by atoms with van der Waals surface area (Å²) >= 11 is 0. The molecule has 1 N–H and O–H groups in total. The maximum Gasteiger partial charge on any atom is 0.316 e. The van der Waals surface area contributed by atoms with Crippen molar-refractivity contribution in [3.05, 3.63) is 17.5 Å². The van der Waals surface area contributed by atoms with Crippen LogP contribution in [0.4, 0.5) is 6.01 Å². The molecule has 1 atom stereocenters. The molecule has 2 aromatic heterocycles. The molecule has 1 aliphatic heterocycles. The summed E-state index contributed by atoms with van der Waals surface area (Å²) in [5, 5.41) is 19.9. The van der Waals surface area contributed by atoms with Crippen LogP contribution < -0.4 is 5.32 Å². The largest absolute Gasteiger partial charge is 0.408 e. The minimum absolute atomic E-state index is 0.0156. The molecule has 0 radical (unpaired) electrons. The molecular weight excluding hydrogens is 256 g/mol. The fraction of sp³-hybridized carbons (Fsp3) is 0.692. The van der Waals surface area contributed by atoms with E-state index in [2.05, 4.69) is 30.3 Å². The van der Waals surface area contributed by atoms with Crippen LogP contribution in [0.15, 0.2) is 4.42 Å². The Morgan fingerprint density at radius 2 is 2.10 bits per heavy atom. The van der Waals surface area contributed by atoms with E-state index in [1.807, 2.05) is 6.92 Å². The molecule has 2 aliphatic rings. The van der Waals surface area contributed by atoms with Gasteiger partial charge in [0.1, 0.15) is 5.82 Å². The smallest absolute Gasteiger partial charge is 0.316 e. The van der Waals surface area contributed by atoms with Gasteiger partial charge in [-0.25, -0.2) is 0 Å². The van der Waals surface area contributed by atoms with Crippen LogP contribution in [0.5, 0.6) is 0 Å². The number of nitrogens with zero attached hydrogens (tertiary/aromatic N) is 5. The van der Waals surface area contributed by atoms with Gasteiger partial charge in [-0.3, -0.25) is 0 Å². The summed E-state index contributed by atoms with van der Waals surface area (Å²) in [6.07, 6.45) is 5.74. The number of rotatable bonds is 4. The number of fused-ring (bicyclic) bond motifs is 1. The molecule has 0 aromatic carbocycles. The Labute approximate surface area is 116 Å². The first-order valence-electron chi connectivity index (χ1n) is 7.33. The van der Waals surface area contributed by atoms with Crippen LogP contribution in [0.1, 0.15) is 62.1 Å². The van der Waals surface area contributed by atoms with Crippen molar-refractivity contribution < 1.29 is 4.42 Å². The van der Waals surface area contributed by atoms with E-state index >= 15 is 0 Å². The molecule has 1 saturated carbocycles. The van der Waals surface area contributed by atoms with Crippen LogP contribution in [0.2, 0.25) is 0 Å². The van der Waals surface area contributed by atoms with E-state index in [4.69, 9.17) is 4.42 Å². The number of nitrogens with one attached hydrogen (secondary N) is 1. The van der Waals surface area contributed by atoms with E-state index in [0.717, 1.165) is 43.3 Å². The molecule has 20 heavy (non-hydrogen) atoms. The zero-order valence-electron chi connectivity index (χ0n) is 11.5. The van der Waals surface area contributed by atoms with Gasteiger partial charge < -0.3 is 14.3 Å². The van der Waals surface area contributed by atoms with Crippen LogP contribution >= 0.6 is 0 Å². The molecule has 1 unspecified atom stereocenters. The lowest BCUT2D eigenvalue weighted by molar-refractivity contribution is 0.485.